The smallest absolute Gasteiger partial charge is 0.308 e. The number of pyridine rings is 1. The lowest BCUT2D eigenvalue weighted by Gasteiger charge is -2.12. The summed E-state index contributed by atoms with van der Waals surface area (Å²) in [7, 11) is 0. The number of carbonyl (C=O) groups is 1. The van der Waals surface area contributed by atoms with Crippen molar-refractivity contribution in [2.75, 3.05) is 6.61 Å². The van der Waals surface area contributed by atoms with Crippen LogP contribution in [0.3, 0.4) is 0 Å². The number of aromatic nitrogens is 2. The first kappa shape index (κ1) is 15.3. The number of rotatable bonds is 3. The molecule has 6 heteroatoms. The molecule has 25 heavy (non-hydrogen) atoms. The number of hydrogen-bond donors (Lipinski definition) is 0. The molecule has 4 rings (SSSR count). The van der Waals surface area contributed by atoms with Gasteiger partial charge in [0.05, 0.1) is 16.3 Å². The average molecular weight is 336 g/mol. The van der Waals surface area contributed by atoms with Crippen LogP contribution in [0.2, 0.25) is 0 Å². The Hall–Kier alpha value is -3.28. The van der Waals surface area contributed by atoms with Crippen molar-refractivity contribution in [2.24, 2.45) is 0 Å². The summed E-state index contributed by atoms with van der Waals surface area (Å²) in [6.07, 6.45) is 0. The van der Waals surface area contributed by atoms with Crippen LogP contribution < -0.4 is 14.3 Å². The first-order valence-electron chi connectivity index (χ1n) is 8.02. The highest BCUT2D eigenvalue weighted by molar-refractivity contribution is 6.10. The molecular weight excluding hydrogens is 320 g/mol. The van der Waals surface area contributed by atoms with Gasteiger partial charge in [0.15, 0.2) is 11.3 Å². The summed E-state index contributed by atoms with van der Waals surface area (Å²) in [5.41, 5.74) is 2.05. The number of benzene rings is 2. The topological polar surface area (TPSA) is 67.4 Å². The number of para-hydroxylation sites is 2. The van der Waals surface area contributed by atoms with Gasteiger partial charge in [-0.15, -0.1) is 0 Å². The molecule has 0 aliphatic heterocycles. The van der Waals surface area contributed by atoms with Crippen LogP contribution in [-0.4, -0.2) is 17.3 Å². The van der Waals surface area contributed by atoms with E-state index in [1.807, 2.05) is 31.2 Å². The van der Waals surface area contributed by atoms with Gasteiger partial charge in [-0.1, -0.05) is 24.3 Å². The molecule has 0 unspecified atom stereocenters. The summed E-state index contributed by atoms with van der Waals surface area (Å²) in [4.78, 5) is 17.5. The molecule has 0 bridgehead atoms. The van der Waals surface area contributed by atoms with Gasteiger partial charge in [0.1, 0.15) is 6.61 Å². The number of hydrogen-bond acceptors (Lipinski definition) is 4. The molecule has 0 aliphatic carbocycles. The Morgan fingerprint density at radius 3 is 2.52 bits per heavy atom. The van der Waals surface area contributed by atoms with Crippen molar-refractivity contribution in [3.05, 3.63) is 53.7 Å². The van der Waals surface area contributed by atoms with Crippen LogP contribution in [-0.2, 0) is 4.79 Å². The van der Waals surface area contributed by atoms with E-state index in [1.165, 1.54) is 6.92 Å². The third kappa shape index (κ3) is 2.18. The monoisotopic (exact) mass is 336 g/mol. The fourth-order valence-electron chi connectivity index (χ4n) is 3.20. The molecule has 0 amide bonds. The minimum absolute atomic E-state index is 0.329. The van der Waals surface area contributed by atoms with Crippen molar-refractivity contribution in [1.29, 1.82) is 0 Å². The second-order valence-corrected chi connectivity index (χ2v) is 5.66. The van der Waals surface area contributed by atoms with E-state index < -0.39 is 5.97 Å². The molecule has 2 aromatic carbocycles. The zero-order chi connectivity index (χ0) is 17.6. The minimum atomic E-state index is -0.455. The third-order valence-electron chi connectivity index (χ3n) is 4.09. The lowest BCUT2D eigenvalue weighted by atomic mass is 10.1. The molecular formula is C19H16N2O4. The Morgan fingerprint density at radius 2 is 1.80 bits per heavy atom. The molecule has 4 aromatic rings. The van der Waals surface area contributed by atoms with E-state index in [0.717, 1.165) is 15.6 Å². The van der Waals surface area contributed by atoms with Gasteiger partial charge < -0.3 is 14.8 Å². The van der Waals surface area contributed by atoms with Crippen LogP contribution in [0.4, 0.5) is 0 Å². The van der Waals surface area contributed by atoms with Gasteiger partial charge in [-0.3, -0.25) is 4.79 Å². The van der Waals surface area contributed by atoms with Crippen LogP contribution >= 0.6 is 0 Å². The summed E-state index contributed by atoms with van der Waals surface area (Å²) in [6, 6.07) is 14.5. The normalized spacial score (nSPS) is 11.3. The van der Waals surface area contributed by atoms with Gasteiger partial charge in [0, 0.05) is 13.0 Å². The van der Waals surface area contributed by atoms with Gasteiger partial charge in [-0.25, -0.2) is 0 Å². The number of carbonyl (C=O) groups excluding carboxylic acids is 1. The van der Waals surface area contributed by atoms with E-state index in [0.29, 0.717) is 34.3 Å². The molecule has 0 aliphatic rings. The maximum absolute atomic E-state index is 13.1. The van der Waals surface area contributed by atoms with Gasteiger partial charge in [0.25, 0.3) is 5.52 Å². The van der Waals surface area contributed by atoms with Crippen molar-refractivity contribution < 1.29 is 19.1 Å². The molecule has 6 nitrogen and oxygen atoms in total. The number of esters is 1. The van der Waals surface area contributed by atoms with Crippen molar-refractivity contribution >= 4 is 38.8 Å². The van der Waals surface area contributed by atoms with Gasteiger partial charge in [0.2, 0.25) is 5.52 Å². The van der Waals surface area contributed by atoms with Crippen LogP contribution in [0.5, 0.6) is 5.75 Å². The maximum atomic E-state index is 13.1. The van der Waals surface area contributed by atoms with Crippen LogP contribution in [0.1, 0.15) is 13.8 Å². The summed E-state index contributed by atoms with van der Waals surface area (Å²) >= 11 is 0. The molecule has 0 spiro atoms. The lowest BCUT2D eigenvalue weighted by molar-refractivity contribution is -0.547. The highest BCUT2D eigenvalue weighted by atomic mass is 16.7. The van der Waals surface area contributed by atoms with E-state index in [-0.39, 0.29) is 0 Å². The zero-order valence-corrected chi connectivity index (χ0v) is 13.9. The van der Waals surface area contributed by atoms with Crippen molar-refractivity contribution in [2.45, 2.75) is 13.8 Å². The first-order chi connectivity index (χ1) is 12.1. The van der Waals surface area contributed by atoms with E-state index in [2.05, 4.69) is 0 Å². The summed E-state index contributed by atoms with van der Waals surface area (Å²) in [5, 5.41) is 14.4. The Kier molecular flexibility index (Phi) is 3.46. The van der Waals surface area contributed by atoms with E-state index in [9.17, 15) is 10.0 Å². The second-order valence-electron chi connectivity index (χ2n) is 5.66. The molecule has 2 heterocycles. The molecule has 0 saturated heterocycles. The van der Waals surface area contributed by atoms with Gasteiger partial charge >= 0.3 is 5.97 Å². The fourth-order valence-corrected chi connectivity index (χ4v) is 3.20. The Labute approximate surface area is 143 Å². The molecule has 2 aromatic heterocycles. The van der Waals surface area contributed by atoms with E-state index in [4.69, 9.17) is 9.57 Å². The van der Waals surface area contributed by atoms with E-state index >= 15 is 0 Å². The number of ether oxygens (including phenoxy) is 1. The predicted octanol–water partition coefficient (Wildman–Crippen LogP) is 2.95. The quantitative estimate of drug-likeness (QED) is 0.328. The minimum Gasteiger partial charge on any atom is -0.618 e. The van der Waals surface area contributed by atoms with Crippen LogP contribution in [0.25, 0.3) is 32.8 Å². The van der Waals surface area contributed by atoms with Gasteiger partial charge in [-0.2, -0.15) is 9.46 Å². The fraction of sp³-hybridized carbons (Fsp3) is 0.158. The van der Waals surface area contributed by atoms with Crippen molar-refractivity contribution in [1.82, 2.24) is 4.73 Å². The Morgan fingerprint density at radius 1 is 1.12 bits per heavy atom. The maximum Gasteiger partial charge on any atom is 0.308 e. The average Bonchev–Trinajstić information content (AvgIpc) is 2.94. The van der Waals surface area contributed by atoms with Gasteiger partial charge in [-0.05, 0) is 25.1 Å². The second kappa shape index (κ2) is 5.66. The van der Waals surface area contributed by atoms with E-state index in [1.54, 1.807) is 29.0 Å². The van der Waals surface area contributed by atoms with Crippen LogP contribution in [0, 0.1) is 5.21 Å². The molecule has 0 atom stereocenters. The Bertz CT molecular complexity index is 1130. The lowest BCUT2D eigenvalue weighted by Crippen LogP contribution is -2.29. The summed E-state index contributed by atoms with van der Waals surface area (Å²) in [5.74, 6) is -0.127. The number of fused-ring (bicyclic) bond motifs is 4. The summed E-state index contributed by atoms with van der Waals surface area (Å²) in [6.45, 7) is 3.60. The van der Waals surface area contributed by atoms with Crippen LogP contribution in [0.15, 0.2) is 48.5 Å². The van der Waals surface area contributed by atoms with Crippen molar-refractivity contribution in [3.63, 3.8) is 0 Å². The molecule has 126 valence electrons. The highest BCUT2D eigenvalue weighted by Crippen LogP contribution is 2.37. The molecule has 0 fully saturated rings. The standard InChI is InChI=1S/C19H16N2O4/c1-3-24-21-16-11-7-4-8-13(16)17-18(21)19(25-12(2)22)14-9-5-6-10-15(14)20(17)23/h4-11H,3H2,1-2H3. The third-order valence-corrected chi connectivity index (χ3v) is 4.09. The predicted molar refractivity (Wildman–Crippen MR) is 94.3 cm³/mol. The molecule has 0 N–H and O–H groups in total. The largest absolute Gasteiger partial charge is 0.618 e. The molecule has 0 radical (unpaired) electrons. The number of nitrogens with zero attached hydrogens (tertiary/aromatic N) is 2. The molecule has 0 saturated carbocycles. The highest BCUT2D eigenvalue weighted by Gasteiger charge is 2.27. The summed E-state index contributed by atoms with van der Waals surface area (Å²) < 4.78 is 7.96. The first-order valence-corrected chi connectivity index (χ1v) is 8.02. The Balaban J connectivity index is 2.31. The SMILES string of the molecule is CCOn1c2ccccc2c2c1c(OC(C)=O)c1ccccc1[n+]2[O-]. The van der Waals surface area contributed by atoms with Crippen molar-refractivity contribution in [3.8, 4) is 5.75 Å². The zero-order valence-electron chi connectivity index (χ0n) is 13.9.